The molecule has 10 heteroatoms. The maximum absolute atomic E-state index is 5.58. The molecule has 0 spiro atoms. The number of methoxy groups -OCH3 is 1. The third kappa shape index (κ3) is 3.71. The lowest BCUT2D eigenvalue weighted by Crippen LogP contribution is -2.43. The first-order valence-electron chi connectivity index (χ1n) is 11.4. The molecule has 6 heterocycles. The standard InChI is InChI=1S/C24H25N9O/c1-34-23-19(2-3-20(30-23)32-11-8-26-9-12-32)29-24-28-15-17-14-18(16-4-6-25-7-5-16)22-27-10-13-33(22)21(17)31-24/h2-7,14-15,26H,8-13H2,1H3,(H,28,29,31). The number of rotatable bonds is 5. The molecule has 2 N–H and O–H groups in total. The Balaban J connectivity index is 1.30. The lowest BCUT2D eigenvalue weighted by atomic mass is 10.00. The molecule has 3 aromatic rings. The van der Waals surface area contributed by atoms with Gasteiger partial charge in [-0.05, 0) is 35.9 Å². The van der Waals surface area contributed by atoms with E-state index in [2.05, 4.69) is 36.5 Å². The Hall–Kier alpha value is -4.05. The van der Waals surface area contributed by atoms with E-state index in [-0.39, 0.29) is 0 Å². The minimum absolute atomic E-state index is 0.487. The molecule has 34 heavy (non-hydrogen) atoms. The van der Waals surface area contributed by atoms with Gasteiger partial charge in [0, 0.05) is 62.5 Å². The number of ether oxygens (including phenoxy) is 1. The maximum atomic E-state index is 5.58. The molecule has 1 saturated heterocycles. The van der Waals surface area contributed by atoms with E-state index in [0.717, 1.165) is 79.1 Å². The summed E-state index contributed by atoms with van der Waals surface area (Å²) >= 11 is 0. The molecule has 0 aromatic carbocycles. The lowest BCUT2D eigenvalue weighted by molar-refractivity contribution is 0.399. The molecule has 0 unspecified atom stereocenters. The average molecular weight is 456 g/mol. The number of hydrogen-bond acceptors (Lipinski definition) is 10. The summed E-state index contributed by atoms with van der Waals surface area (Å²) in [4.78, 5) is 27.4. The minimum Gasteiger partial charge on any atom is -0.479 e. The molecular formula is C24H25N9O. The van der Waals surface area contributed by atoms with Gasteiger partial charge in [0.25, 0.3) is 0 Å². The number of aliphatic imine (C=N–C) groups is 1. The molecule has 0 aliphatic carbocycles. The van der Waals surface area contributed by atoms with Crippen molar-refractivity contribution in [3.05, 3.63) is 54.0 Å². The van der Waals surface area contributed by atoms with Crippen molar-refractivity contribution in [1.29, 1.82) is 0 Å². The molecular weight excluding hydrogens is 430 g/mol. The fraction of sp³-hybridized carbons (Fsp3) is 0.292. The van der Waals surface area contributed by atoms with Gasteiger partial charge in [-0.2, -0.15) is 9.97 Å². The van der Waals surface area contributed by atoms with Crippen LogP contribution in [0.5, 0.6) is 5.88 Å². The number of aromatic nitrogens is 4. The van der Waals surface area contributed by atoms with E-state index in [1.165, 1.54) is 0 Å². The lowest BCUT2D eigenvalue weighted by Gasteiger charge is -2.29. The summed E-state index contributed by atoms with van der Waals surface area (Å²) in [6, 6.07) is 7.96. The van der Waals surface area contributed by atoms with Crippen LogP contribution in [0.2, 0.25) is 0 Å². The van der Waals surface area contributed by atoms with Crippen LogP contribution >= 0.6 is 0 Å². The Morgan fingerprint density at radius 3 is 2.71 bits per heavy atom. The van der Waals surface area contributed by atoms with Gasteiger partial charge in [0.1, 0.15) is 23.2 Å². The van der Waals surface area contributed by atoms with E-state index < -0.39 is 0 Å². The number of piperazine rings is 1. The van der Waals surface area contributed by atoms with E-state index in [1.807, 2.05) is 30.5 Å². The minimum atomic E-state index is 0.487. The summed E-state index contributed by atoms with van der Waals surface area (Å²) in [5, 5.41) is 6.65. The zero-order valence-electron chi connectivity index (χ0n) is 18.9. The summed E-state index contributed by atoms with van der Waals surface area (Å²) in [6.45, 7) is 5.26. The van der Waals surface area contributed by atoms with Crippen molar-refractivity contribution in [2.24, 2.45) is 4.99 Å². The molecule has 3 aliphatic heterocycles. The molecule has 0 bridgehead atoms. The summed E-state index contributed by atoms with van der Waals surface area (Å²) in [7, 11) is 1.63. The Bertz CT molecular complexity index is 1270. The van der Waals surface area contributed by atoms with Gasteiger partial charge < -0.3 is 25.2 Å². The van der Waals surface area contributed by atoms with Gasteiger partial charge >= 0.3 is 0 Å². The van der Waals surface area contributed by atoms with Crippen molar-refractivity contribution in [3.63, 3.8) is 0 Å². The van der Waals surface area contributed by atoms with Gasteiger partial charge in [-0.3, -0.25) is 9.98 Å². The molecule has 0 radical (unpaired) electrons. The van der Waals surface area contributed by atoms with Crippen LogP contribution in [0.25, 0.3) is 11.6 Å². The number of nitrogens with zero attached hydrogens (tertiary/aromatic N) is 7. The second kappa shape index (κ2) is 8.71. The summed E-state index contributed by atoms with van der Waals surface area (Å²) in [6.07, 6.45) is 7.53. The summed E-state index contributed by atoms with van der Waals surface area (Å²) in [5.74, 6) is 3.68. The van der Waals surface area contributed by atoms with Crippen LogP contribution in [0.15, 0.2) is 47.8 Å². The molecule has 0 saturated carbocycles. The van der Waals surface area contributed by atoms with E-state index in [4.69, 9.17) is 19.7 Å². The van der Waals surface area contributed by atoms with Crippen molar-refractivity contribution < 1.29 is 4.74 Å². The van der Waals surface area contributed by atoms with Crippen molar-refractivity contribution >= 4 is 40.8 Å². The largest absolute Gasteiger partial charge is 0.479 e. The predicted molar refractivity (Wildman–Crippen MR) is 133 cm³/mol. The van der Waals surface area contributed by atoms with Gasteiger partial charge in [-0.25, -0.2) is 4.98 Å². The molecule has 10 nitrogen and oxygen atoms in total. The van der Waals surface area contributed by atoms with Crippen LogP contribution in [-0.4, -0.2) is 72.1 Å². The van der Waals surface area contributed by atoms with Crippen molar-refractivity contribution in [1.82, 2.24) is 25.3 Å². The van der Waals surface area contributed by atoms with Gasteiger partial charge in [-0.15, -0.1) is 0 Å². The number of anilines is 4. The number of nitrogens with one attached hydrogen (secondary N) is 2. The van der Waals surface area contributed by atoms with Crippen LogP contribution in [0.1, 0.15) is 11.1 Å². The highest BCUT2D eigenvalue weighted by atomic mass is 16.5. The quantitative estimate of drug-likeness (QED) is 0.599. The highest BCUT2D eigenvalue weighted by Crippen LogP contribution is 2.36. The van der Waals surface area contributed by atoms with Crippen molar-refractivity contribution in [2.45, 2.75) is 0 Å². The number of pyridine rings is 2. The van der Waals surface area contributed by atoms with Crippen molar-refractivity contribution in [2.75, 3.05) is 61.5 Å². The van der Waals surface area contributed by atoms with Crippen LogP contribution in [0.4, 0.5) is 23.3 Å². The highest BCUT2D eigenvalue weighted by Gasteiger charge is 2.30. The van der Waals surface area contributed by atoms with Crippen LogP contribution < -0.4 is 25.2 Å². The van der Waals surface area contributed by atoms with E-state index in [1.54, 1.807) is 19.5 Å². The number of amidine groups is 1. The third-order valence-electron chi connectivity index (χ3n) is 6.15. The van der Waals surface area contributed by atoms with Crippen LogP contribution in [-0.2, 0) is 0 Å². The van der Waals surface area contributed by atoms with Gasteiger partial charge in [0.05, 0.1) is 13.7 Å². The topological polar surface area (TPSA) is 104 Å². The molecule has 0 atom stereocenters. The Morgan fingerprint density at radius 1 is 1.03 bits per heavy atom. The van der Waals surface area contributed by atoms with Gasteiger partial charge in [-0.1, -0.05) is 0 Å². The zero-order valence-corrected chi connectivity index (χ0v) is 18.9. The molecule has 0 amide bonds. The monoisotopic (exact) mass is 455 g/mol. The smallest absolute Gasteiger partial charge is 0.239 e. The van der Waals surface area contributed by atoms with Gasteiger partial charge in [0.2, 0.25) is 11.8 Å². The van der Waals surface area contributed by atoms with Crippen molar-refractivity contribution in [3.8, 4) is 5.88 Å². The first-order valence-corrected chi connectivity index (χ1v) is 11.4. The average Bonchev–Trinajstić information content (AvgIpc) is 3.40. The van der Waals surface area contributed by atoms with Crippen LogP contribution in [0.3, 0.4) is 0 Å². The van der Waals surface area contributed by atoms with Gasteiger partial charge in [0.15, 0.2) is 0 Å². The van der Waals surface area contributed by atoms with E-state index in [0.29, 0.717) is 11.8 Å². The molecule has 172 valence electrons. The summed E-state index contributed by atoms with van der Waals surface area (Å²) in [5.41, 5.74) is 3.82. The van der Waals surface area contributed by atoms with E-state index >= 15 is 0 Å². The molecule has 1 fully saturated rings. The fourth-order valence-electron chi connectivity index (χ4n) is 4.48. The SMILES string of the molecule is COc1nc(N2CCNCC2)ccc1Nc1ncc2c(n1)N1CCN=C1C(c1ccncc1)=C2. The molecule has 3 aromatic heterocycles. The highest BCUT2D eigenvalue weighted by molar-refractivity contribution is 6.35. The maximum Gasteiger partial charge on any atom is 0.239 e. The first-order chi connectivity index (χ1) is 16.8. The third-order valence-corrected chi connectivity index (χ3v) is 6.15. The van der Waals surface area contributed by atoms with Crippen LogP contribution in [0, 0.1) is 0 Å². The summed E-state index contributed by atoms with van der Waals surface area (Å²) < 4.78 is 5.58. The predicted octanol–water partition coefficient (Wildman–Crippen LogP) is 2.20. The second-order valence-corrected chi connectivity index (χ2v) is 8.21. The Kier molecular flexibility index (Phi) is 5.27. The Labute approximate surface area is 197 Å². The normalized spacial score (nSPS) is 17.0. The fourth-order valence-corrected chi connectivity index (χ4v) is 4.48. The van der Waals surface area contributed by atoms with E-state index in [9.17, 15) is 0 Å². The number of hydrogen-bond donors (Lipinski definition) is 2. The zero-order chi connectivity index (χ0) is 22.9. The second-order valence-electron chi connectivity index (χ2n) is 8.21. The molecule has 3 aliphatic rings. The number of fused-ring (bicyclic) bond motifs is 3. The molecule has 6 rings (SSSR count). The first kappa shape index (κ1) is 20.5. The Morgan fingerprint density at radius 2 is 1.88 bits per heavy atom.